The molecule has 0 unspecified atom stereocenters. The minimum atomic E-state index is -0.221. The largest absolute Gasteiger partial charge is 0.342 e. The average Bonchev–Trinajstić information content (AvgIpc) is 3.02. The number of fused-ring (bicyclic) bond motifs is 1. The highest BCUT2D eigenvalue weighted by Crippen LogP contribution is 2.38. The van der Waals surface area contributed by atoms with Crippen LogP contribution in [0.25, 0.3) is 0 Å². The van der Waals surface area contributed by atoms with Gasteiger partial charge in [-0.25, -0.2) is 4.68 Å². The smallest absolute Gasteiger partial charge is 0.238 e. The lowest BCUT2D eigenvalue weighted by atomic mass is 10.0. The fourth-order valence-corrected chi connectivity index (χ4v) is 4.56. The molecule has 126 valence electrons. The summed E-state index contributed by atoms with van der Waals surface area (Å²) in [5.41, 5.74) is 4.57. The Labute approximate surface area is 145 Å². The number of aromatic nitrogens is 3. The number of hydrogen-bond acceptors (Lipinski definition) is 5. The summed E-state index contributed by atoms with van der Waals surface area (Å²) in [4.78, 5) is 15.2. The molecule has 0 radical (unpaired) electrons. The number of likely N-dealkylation sites (tertiary alicyclic amines) is 1. The van der Waals surface area contributed by atoms with E-state index in [4.69, 9.17) is 0 Å². The molecular formula is C17H21N5OS. The predicted octanol–water partition coefficient (Wildman–Crippen LogP) is 2.36. The summed E-state index contributed by atoms with van der Waals surface area (Å²) in [6.07, 6.45) is 3.42. The molecule has 4 rings (SSSR count). The second-order valence-electron chi connectivity index (χ2n) is 6.31. The van der Waals surface area contributed by atoms with E-state index in [1.807, 2.05) is 34.7 Å². The van der Waals surface area contributed by atoms with Gasteiger partial charge in [0, 0.05) is 13.1 Å². The molecule has 1 fully saturated rings. The number of carbonyl (C=O) groups is 1. The Morgan fingerprint density at radius 2 is 1.92 bits per heavy atom. The van der Waals surface area contributed by atoms with E-state index in [2.05, 4.69) is 27.8 Å². The lowest BCUT2D eigenvalue weighted by Gasteiger charge is -2.37. The summed E-state index contributed by atoms with van der Waals surface area (Å²) in [6.45, 7) is 3.64. The molecule has 2 aliphatic rings. The summed E-state index contributed by atoms with van der Waals surface area (Å²) in [5.74, 6) is 1.01. The number of aryl methyl sites for hydroxylation is 1. The quantitative estimate of drug-likeness (QED) is 0.907. The highest BCUT2D eigenvalue weighted by Gasteiger charge is 2.39. The number of nitrogens with one attached hydrogen (secondary N) is 1. The molecule has 0 bridgehead atoms. The zero-order chi connectivity index (χ0) is 16.5. The number of rotatable bonds is 2. The van der Waals surface area contributed by atoms with E-state index in [9.17, 15) is 4.79 Å². The second-order valence-corrected chi connectivity index (χ2v) is 7.42. The first-order chi connectivity index (χ1) is 11.7. The summed E-state index contributed by atoms with van der Waals surface area (Å²) in [7, 11) is 0. The van der Waals surface area contributed by atoms with Crippen LogP contribution in [-0.4, -0.2) is 44.0 Å². The number of piperidine rings is 1. The molecule has 24 heavy (non-hydrogen) atoms. The van der Waals surface area contributed by atoms with Gasteiger partial charge in [-0.2, -0.15) is 0 Å². The predicted molar refractivity (Wildman–Crippen MR) is 93.4 cm³/mol. The van der Waals surface area contributed by atoms with Crippen molar-refractivity contribution in [1.29, 1.82) is 0 Å². The molecule has 1 saturated heterocycles. The zero-order valence-corrected chi connectivity index (χ0v) is 14.5. The molecule has 6 nitrogen and oxygen atoms in total. The maximum atomic E-state index is 13.2. The van der Waals surface area contributed by atoms with Crippen molar-refractivity contribution >= 4 is 17.7 Å². The van der Waals surface area contributed by atoms with Gasteiger partial charge in [-0.3, -0.25) is 4.79 Å². The number of hydrogen-bond donors (Lipinski definition) is 1. The zero-order valence-electron chi connectivity index (χ0n) is 13.7. The Bertz CT molecular complexity index is 726. The SMILES string of the molecule is Cc1nnc2n1N[C@@H](c1ccccc1)[C@H](C(=O)N1CCCCC1)S2. The molecule has 3 heterocycles. The number of nitrogens with zero attached hydrogens (tertiary/aromatic N) is 4. The number of benzene rings is 1. The minimum Gasteiger partial charge on any atom is -0.342 e. The Morgan fingerprint density at radius 1 is 1.17 bits per heavy atom. The van der Waals surface area contributed by atoms with Crippen molar-refractivity contribution in [1.82, 2.24) is 19.8 Å². The third-order valence-corrected chi connectivity index (χ3v) is 5.87. The molecule has 2 aliphatic heterocycles. The van der Waals surface area contributed by atoms with Crippen molar-refractivity contribution in [2.45, 2.75) is 42.6 Å². The summed E-state index contributed by atoms with van der Waals surface area (Å²) in [6, 6.07) is 10.1. The highest BCUT2D eigenvalue weighted by molar-refractivity contribution is 8.00. The van der Waals surface area contributed by atoms with Crippen LogP contribution < -0.4 is 5.43 Å². The van der Waals surface area contributed by atoms with Gasteiger partial charge in [0.2, 0.25) is 11.1 Å². The normalized spacial score (nSPS) is 23.5. The van der Waals surface area contributed by atoms with Crippen molar-refractivity contribution < 1.29 is 4.79 Å². The van der Waals surface area contributed by atoms with E-state index < -0.39 is 0 Å². The monoisotopic (exact) mass is 343 g/mol. The molecule has 1 amide bonds. The van der Waals surface area contributed by atoms with Crippen LogP contribution in [0.15, 0.2) is 35.5 Å². The molecule has 1 aromatic heterocycles. The van der Waals surface area contributed by atoms with Crippen LogP contribution in [0.1, 0.15) is 36.7 Å². The second kappa shape index (κ2) is 6.47. The van der Waals surface area contributed by atoms with Crippen LogP contribution >= 0.6 is 11.8 Å². The van der Waals surface area contributed by atoms with E-state index in [0.29, 0.717) is 0 Å². The Kier molecular flexibility index (Phi) is 4.18. The number of amides is 1. The molecule has 0 aliphatic carbocycles. The van der Waals surface area contributed by atoms with Crippen molar-refractivity contribution in [2.24, 2.45) is 0 Å². The summed E-state index contributed by atoms with van der Waals surface area (Å²) < 4.78 is 1.89. The van der Waals surface area contributed by atoms with Crippen molar-refractivity contribution in [3.63, 3.8) is 0 Å². The van der Waals surface area contributed by atoms with E-state index in [1.165, 1.54) is 18.2 Å². The molecule has 1 N–H and O–H groups in total. The van der Waals surface area contributed by atoms with E-state index in [0.717, 1.165) is 42.5 Å². The molecule has 0 spiro atoms. The van der Waals surface area contributed by atoms with Crippen LogP contribution in [0.2, 0.25) is 0 Å². The molecule has 7 heteroatoms. The Balaban J connectivity index is 1.67. The van der Waals surface area contributed by atoms with Gasteiger partial charge in [0.1, 0.15) is 11.1 Å². The van der Waals surface area contributed by atoms with Gasteiger partial charge in [-0.15, -0.1) is 10.2 Å². The van der Waals surface area contributed by atoms with Gasteiger partial charge in [-0.1, -0.05) is 42.1 Å². The Morgan fingerprint density at radius 3 is 2.67 bits per heavy atom. The third kappa shape index (κ3) is 2.77. The number of thioether (sulfide) groups is 1. The van der Waals surface area contributed by atoms with E-state index in [-0.39, 0.29) is 17.2 Å². The van der Waals surface area contributed by atoms with Crippen molar-refractivity contribution in [2.75, 3.05) is 18.5 Å². The lowest BCUT2D eigenvalue weighted by molar-refractivity contribution is -0.131. The molecule has 0 saturated carbocycles. The van der Waals surface area contributed by atoms with Gasteiger partial charge in [0.25, 0.3) is 0 Å². The fourth-order valence-electron chi connectivity index (χ4n) is 3.35. The van der Waals surface area contributed by atoms with Crippen molar-refractivity contribution in [3.05, 3.63) is 41.7 Å². The van der Waals surface area contributed by atoms with Crippen molar-refractivity contribution in [3.8, 4) is 0 Å². The first kappa shape index (κ1) is 15.5. The molecule has 2 aromatic rings. The molecule has 2 atom stereocenters. The maximum Gasteiger partial charge on any atom is 0.238 e. The summed E-state index contributed by atoms with van der Waals surface area (Å²) >= 11 is 1.52. The van der Waals surface area contributed by atoms with Gasteiger partial charge < -0.3 is 10.3 Å². The van der Waals surface area contributed by atoms with Crippen LogP contribution in [0, 0.1) is 6.92 Å². The van der Waals surface area contributed by atoms with E-state index in [1.54, 1.807) is 0 Å². The van der Waals surface area contributed by atoms with Gasteiger partial charge >= 0.3 is 0 Å². The average molecular weight is 343 g/mol. The standard InChI is InChI=1S/C17H21N5OS/c1-12-18-19-17-22(12)20-14(13-8-4-2-5-9-13)15(24-17)16(23)21-10-6-3-7-11-21/h2,4-5,8-9,14-15,20H,3,6-7,10-11H2,1H3/t14-,15+/m0/s1. The first-order valence-corrected chi connectivity index (χ1v) is 9.31. The van der Waals surface area contributed by atoms with Crippen LogP contribution in [0.4, 0.5) is 0 Å². The van der Waals surface area contributed by atoms with Crippen LogP contribution in [-0.2, 0) is 4.79 Å². The maximum absolute atomic E-state index is 13.2. The van der Waals surface area contributed by atoms with Crippen LogP contribution in [0.3, 0.4) is 0 Å². The van der Waals surface area contributed by atoms with Gasteiger partial charge in [0.15, 0.2) is 0 Å². The first-order valence-electron chi connectivity index (χ1n) is 8.43. The number of carbonyl (C=O) groups excluding carboxylic acids is 1. The minimum absolute atomic E-state index is 0.0900. The fraction of sp³-hybridized carbons (Fsp3) is 0.471. The third-order valence-electron chi connectivity index (χ3n) is 4.67. The lowest BCUT2D eigenvalue weighted by Crippen LogP contribution is -2.47. The highest BCUT2D eigenvalue weighted by atomic mass is 32.2. The van der Waals surface area contributed by atoms with Crippen LogP contribution in [0.5, 0.6) is 0 Å². The Hall–Kier alpha value is -2.02. The summed E-state index contributed by atoms with van der Waals surface area (Å²) in [5, 5.41) is 8.88. The van der Waals surface area contributed by atoms with Gasteiger partial charge in [0.05, 0.1) is 6.04 Å². The topological polar surface area (TPSA) is 63.1 Å². The van der Waals surface area contributed by atoms with Gasteiger partial charge in [-0.05, 0) is 31.7 Å². The van der Waals surface area contributed by atoms with E-state index >= 15 is 0 Å². The molecule has 1 aromatic carbocycles. The molecular weight excluding hydrogens is 322 g/mol.